The van der Waals surface area contributed by atoms with Crippen molar-refractivity contribution in [1.29, 1.82) is 0 Å². The zero-order chi connectivity index (χ0) is 26.6. The number of nitrogens with two attached hydrogens (primary N) is 2. The SMILES string of the molecule is COc1ccc(-c2nc3ccccc3c(=O)n2N)cc1.Nn1c(C2CCCCC2)nc2ccccc2c1=O. The molecular weight excluding hydrogens is 480 g/mol. The van der Waals surface area contributed by atoms with E-state index >= 15 is 0 Å². The first-order valence-electron chi connectivity index (χ1n) is 12.7. The Labute approximate surface area is 219 Å². The van der Waals surface area contributed by atoms with E-state index in [-0.39, 0.29) is 11.1 Å². The first kappa shape index (κ1) is 25.0. The number of methoxy groups -OCH3 is 1. The van der Waals surface area contributed by atoms with Gasteiger partial charge in [-0.2, -0.15) is 0 Å². The zero-order valence-electron chi connectivity index (χ0n) is 21.2. The first-order chi connectivity index (χ1) is 18.5. The topological polar surface area (TPSA) is 131 Å². The number of nitrogen functional groups attached to an aromatic ring is 2. The van der Waals surface area contributed by atoms with Gasteiger partial charge in [0, 0.05) is 11.5 Å². The van der Waals surface area contributed by atoms with Gasteiger partial charge >= 0.3 is 0 Å². The standard InChI is InChI=1S/C15H13N3O2.C14H17N3O/c1-20-11-8-6-10(7-9-11)14-17-13-5-3-2-4-12(13)15(19)18(14)16;15-17-13(10-6-2-1-3-7-10)16-12-9-5-4-8-11(12)14(17)18/h2-9H,16H2,1H3;4-5,8-10H,1-3,6-7,15H2. The van der Waals surface area contributed by atoms with Crippen LogP contribution < -0.4 is 27.5 Å². The Kier molecular flexibility index (Phi) is 7.08. The van der Waals surface area contributed by atoms with Gasteiger partial charge in [-0.25, -0.2) is 19.3 Å². The van der Waals surface area contributed by atoms with Crippen molar-refractivity contribution in [3.8, 4) is 17.1 Å². The van der Waals surface area contributed by atoms with E-state index in [2.05, 4.69) is 9.97 Å². The molecule has 5 aromatic rings. The maximum absolute atomic E-state index is 12.2. The van der Waals surface area contributed by atoms with Crippen LogP contribution in [-0.2, 0) is 0 Å². The fourth-order valence-electron chi connectivity index (χ4n) is 4.90. The van der Waals surface area contributed by atoms with Gasteiger partial charge in [0.25, 0.3) is 11.1 Å². The molecule has 0 aliphatic heterocycles. The Balaban J connectivity index is 0.000000156. The summed E-state index contributed by atoms with van der Waals surface area (Å²) in [5, 5.41) is 1.10. The second-order valence-corrected chi connectivity index (χ2v) is 9.35. The molecule has 6 rings (SSSR count). The minimum atomic E-state index is -0.263. The Morgan fingerprint density at radius 2 is 1.29 bits per heavy atom. The normalized spacial score (nSPS) is 13.7. The van der Waals surface area contributed by atoms with E-state index in [1.54, 1.807) is 43.5 Å². The van der Waals surface area contributed by atoms with E-state index in [0.717, 1.165) is 40.2 Å². The maximum Gasteiger partial charge on any atom is 0.280 e. The number of ether oxygens (including phenoxy) is 1. The van der Waals surface area contributed by atoms with Gasteiger partial charge in [-0.1, -0.05) is 43.5 Å². The van der Waals surface area contributed by atoms with Crippen LogP contribution in [0.5, 0.6) is 5.75 Å². The Morgan fingerprint density at radius 1 is 0.737 bits per heavy atom. The minimum absolute atomic E-state index is 0.138. The van der Waals surface area contributed by atoms with Gasteiger partial charge in [-0.3, -0.25) is 9.59 Å². The molecule has 1 aliphatic rings. The van der Waals surface area contributed by atoms with Crippen LogP contribution in [0.4, 0.5) is 0 Å². The van der Waals surface area contributed by atoms with Crippen LogP contribution in [0.1, 0.15) is 43.8 Å². The van der Waals surface area contributed by atoms with E-state index in [4.69, 9.17) is 16.4 Å². The quantitative estimate of drug-likeness (QED) is 0.351. The van der Waals surface area contributed by atoms with E-state index in [1.165, 1.54) is 23.9 Å². The summed E-state index contributed by atoms with van der Waals surface area (Å²) >= 11 is 0. The zero-order valence-corrected chi connectivity index (χ0v) is 21.2. The molecule has 0 amide bonds. The highest BCUT2D eigenvalue weighted by Gasteiger charge is 2.21. The minimum Gasteiger partial charge on any atom is -0.497 e. The van der Waals surface area contributed by atoms with Gasteiger partial charge < -0.3 is 16.4 Å². The third kappa shape index (κ3) is 4.82. The van der Waals surface area contributed by atoms with Gasteiger partial charge in [0.2, 0.25) is 0 Å². The van der Waals surface area contributed by atoms with Gasteiger partial charge in [0.1, 0.15) is 11.6 Å². The predicted octanol–water partition coefficient (Wildman–Crippen LogP) is 3.94. The van der Waals surface area contributed by atoms with Crippen LogP contribution in [0.3, 0.4) is 0 Å². The summed E-state index contributed by atoms with van der Waals surface area (Å²) in [5.41, 5.74) is 1.74. The average Bonchev–Trinajstić information content (AvgIpc) is 2.98. The van der Waals surface area contributed by atoms with Gasteiger partial charge in [-0.15, -0.1) is 0 Å². The van der Waals surface area contributed by atoms with E-state index in [0.29, 0.717) is 28.0 Å². The molecule has 2 heterocycles. The molecule has 1 saturated carbocycles. The van der Waals surface area contributed by atoms with E-state index in [9.17, 15) is 9.59 Å². The lowest BCUT2D eigenvalue weighted by Gasteiger charge is -2.22. The molecule has 1 fully saturated rings. The van der Waals surface area contributed by atoms with Crippen LogP contribution in [0.15, 0.2) is 82.4 Å². The Bertz CT molecular complexity index is 1700. The molecule has 3 aromatic carbocycles. The number of hydrogen-bond acceptors (Lipinski definition) is 7. The number of nitrogens with zero attached hydrogens (tertiary/aromatic N) is 4. The number of aromatic nitrogens is 4. The highest BCUT2D eigenvalue weighted by atomic mass is 16.5. The number of rotatable bonds is 3. The van der Waals surface area contributed by atoms with Crippen LogP contribution >= 0.6 is 0 Å². The summed E-state index contributed by atoms with van der Waals surface area (Å²) in [7, 11) is 1.60. The van der Waals surface area contributed by atoms with Crippen LogP contribution in [0.2, 0.25) is 0 Å². The predicted molar refractivity (Wildman–Crippen MR) is 150 cm³/mol. The molecule has 2 aromatic heterocycles. The van der Waals surface area contributed by atoms with Crippen molar-refractivity contribution < 1.29 is 4.74 Å². The van der Waals surface area contributed by atoms with Crippen molar-refractivity contribution in [3.63, 3.8) is 0 Å². The second-order valence-electron chi connectivity index (χ2n) is 9.35. The summed E-state index contributed by atoms with van der Waals surface area (Å²) in [6.45, 7) is 0. The fourth-order valence-corrected chi connectivity index (χ4v) is 4.90. The molecule has 9 nitrogen and oxygen atoms in total. The van der Waals surface area contributed by atoms with Crippen molar-refractivity contribution >= 4 is 21.8 Å². The third-order valence-electron chi connectivity index (χ3n) is 6.96. The lowest BCUT2D eigenvalue weighted by molar-refractivity contribution is 0.415. The van der Waals surface area contributed by atoms with Gasteiger partial charge in [0.05, 0.1) is 28.9 Å². The highest BCUT2D eigenvalue weighted by molar-refractivity contribution is 5.80. The average molecular weight is 511 g/mol. The lowest BCUT2D eigenvalue weighted by Crippen LogP contribution is -2.33. The third-order valence-corrected chi connectivity index (χ3v) is 6.96. The van der Waals surface area contributed by atoms with Crippen molar-refractivity contribution in [2.75, 3.05) is 18.8 Å². The van der Waals surface area contributed by atoms with Crippen molar-refractivity contribution in [2.24, 2.45) is 0 Å². The Hall–Kier alpha value is -4.66. The smallest absolute Gasteiger partial charge is 0.280 e. The molecular formula is C29H30N6O3. The van der Waals surface area contributed by atoms with Crippen LogP contribution in [0.25, 0.3) is 33.2 Å². The molecule has 4 N–H and O–H groups in total. The Morgan fingerprint density at radius 3 is 1.89 bits per heavy atom. The molecule has 0 radical (unpaired) electrons. The molecule has 9 heteroatoms. The summed E-state index contributed by atoms with van der Waals surface area (Å²) < 4.78 is 7.43. The molecule has 194 valence electrons. The maximum atomic E-state index is 12.2. The molecule has 1 aliphatic carbocycles. The summed E-state index contributed by atoms with van der Waals surface area (Å²) in [6.07, 6.45) is 5.85. The largest absolute Gasteiger partial charge is 0.497 e. The second kappa shape index (κ2) is 10.8. The molecule has 38 heavy (non-hydrogen) atoms. The molecule has 0 spiro atoms. The number of fused-ring (bicyclic) bond motifs is 2. The highest BCUT2D eigenvalue weighted by Crippen LogP contribution is 2.31. The van der Waals surface area contributed by atoms with E-state index in [1.807, 2.05) is 36.4 Å². The fraction of sp³-hybridized carbons (Fsp3) is 0.241. The number of benzene rings is 3. The van der Waals surface area contributed by atoms with Crippen molar-refractivity contribution in [3.05, 3.63) is 99.3 Å². The summed E-state index contributed by atoms with van der Waals surface area (Å²) in [6, 6.07) is 21.8. The molecule has 0 atom stereocenters. The number of para-hydroxylation sites is 2. The lowest BCUT2D eigenvalue weighted by atomic mass is 9.88. The summed E-state index contributed by atoms with van der Waals surface area (Å²) in [4.78, 5) is 33.5. The van der Waals surface area contributed by atoms with Gasteiger partial charge in [-0.05, 0) is 61.4 Å². The monoisotopic (exact) mass is 510 g/mol. The van der Waals surface area contributed by atoms with Gasteiger partial charge in [0.15, 0.2) is 5.82 Å². The van der Waals surface area contributed by atoms with E-state index < -0.39 is 0 Å². The molecule has 0 saturated heterocycles. The first-order valence-corrected chi connectivity index (χ1v) is 12.7. The summed E-state index contributed by atoms with van der Waals surface area (Å²) in [5.74, 6) is 14.0. The molecule has 0 unspecified atom stereocenters. The van der Waals surface area contributed by atoms with Crippen molar-refractivity contribution in [2.45, 2.75) is 38.0 Å². The van der Waals surface area contributed by atoms with Crippen LogP contribution in [-0.4, -0.2) is 26.4 Å². The van der Waals surface area contributed by atoms with Crippen LogP contribution in [0, 0.1) is 0 Å². The molecule has 0 bridgehead atoms. The number of hydrogen-bond donors (Lipinski definition) is 2. The van der Waals surface area contributed by atoms with Crippen molar-refractivity contribution in [1.82, 2.24) is 19.3 Å².